The lowest BCUT2D eigenvalue weighted by atomic mass is 10.2. The molecule has 0 fully saturated rings. The number of phenolic OH excluding ortho intramolecular Hbond substituents is 2. The van der Waals surface area contributed by atoms with Crippen LogP contribution in [0.3, 0.4) is 0 Å². The van der Waals surface area contributed by atoms with Crippen molar-refractivity contribution in [3.05, 3.63) is 96.1 Å². The molecule has 2 aliphatic rings. The second-order valence-corrected chi connectivity index (χ2v) is 11.0. The lowest BCUT2D eigenvalue weighted by Gasteiger charge is -2.18. The molecule has 0 aliphatic carbocycles. The number of hydrogen-bond donors (Lipinski definition) is 4. The van der Waals surface area contributed by atoms with Crippen LogP contribution in [0.2, 0.25) is 0 Å². The number of ether oxygens (including phenoxy) is 2. The average Bonchev–Trinajstić information content (AvgIpc) is 2.97. The Labute approximate surface area is 239 Å². The summed E-state index contributed by atoms with van der Waals surface area (Å²) in [7, 11) is 0. The van der Waals surface area contributed by atoms with Crippen molar-refractivity contribution in [2.45, 2.75) is 21.3 Å². The first-order chi connectivity index (χ1) is 19.4. The molecular formula is C30H26N2O6S2. The second kappa shape index (κ2) is 12.7. The molecule has 2 heterocycles. The Balaban J connectivity index is 0.000000161. The van der Waals surface area contributed by atoms with Crippen LogP contribution in [-0.2, 0) is 21.1 Å². The van der Waals surface area contributed by atoms with E-state index in [4.69, 9.17) is 9.47 Å². The van der Waals surface area contributed by atoms with Gasteiger partial charge in [-0.25, -0.2) is 0 Å². The zero-order valence-corrected chi connectivity index (χ0v) is 22.9. The molecule has 4 aromatic carbocycles. The van der Waals surface area contributed by atoms with Crippen molar-refractivity contribution in [2.75, 3.05) is 23.8 Å². The summed E-state index contributed by atoms with van der Waals surface area (Å²) in [4.78, 5) is 24.5. The van der Waals surface area contributed by atoms with Gasteiger partial charge in [0.05, 0.1) is 11.4 Å². The fourth-order valence-corrected chi connectivity index (χ4v) is 5.57. The number of phenols is 2. The number of anilines is 2. The number of rotatable bonds is 6. The van der Waals surface area contributed by atoms with Crippen LogP contribution < -0.4 is 20.1 Å². The highest BCUT2D eigenvalue weighted by atomic mass is 32.2. The lowest BCUT2D eigenvalue weighted by Crippen LogP contribution is -2.25. The summed E-state index contributed by atoms with van der Waals surface area (Å²) in [5, 5.41) is 24.0. The van der Waals surface area contributed by atoms with Gasteiger partial charge in [-0.3, -0.25) is 9.59 Å². The van der Waals surface area contributed by atoms with Crippen LogP contribution in [-0.4, -0.2) is 35.2 Å². The van der Waals surface area contributed by atoms with E-state index in [0.717, 1.165) is 43.8 Å². The molecule has 10 heteroatoms. The van der Waals surface area contributed by atoms with Gasteiger partial charge in [-0.05, 0) is 71.8 Å². The van der Waals surface area contributed by atoms with Crippen molar-refractivity contribution in [3.63, 3.8) is 0 Å². The fraction of sp³-hybridized carbons (Fsp3) is 0.133. The summed E-state index contributed by atoms with van der Waals surface area (Å²) in [6.45, 7) is 0.137. The maximum Gasteiger partial charge on any atom is 0.262 e. The Morgan fingerprint density at radius 1 is 0.600 bits per heavy atom. The summed E-state index contributed by atoms with van der Waals surface area (Å²) in [5.41, 5.74) is 3.71. The third-order valence-corrected chi connectivity index (χ3v) is 7.99. The molecule has 2 amide bonds. The SMILES string of the molecule is O=C1COc2cc(SCc3ccc(O)cc3)ccc2N1.O=C1COc2cc(SCc3ccc(O)cc3)ccc2N1. The van der Waals surface area contributed by atoms with Gasteiger partial charge in [-0.15, -0.1) is 23.5 Å². The maximum absolute atomic E-state index is 11.2. The van der Waals surface area contributed by atoms with E-state index in [1.165, 1.54) is 0 Å². The summed E-state index contributed by atoms with van der Waals surface area (Å²) in [5.74, 6) is 3.34. The molecule has 204 valence electrons. The van der Waals surface area contributed by atoms with E-state index in [0.29, 0.717) is 11.5 Å². The maximum atomic E-state index is 11.2. The minimum absolute atomic E-state index is 0.0685. The average molecular weight is 575 g/mol. The molecule has 0 spiro atoms. The van der Waals surface area contributed by atoms with Crippen molar-refractivity contribution < 1.29 is 29.3 Å². The molecule has 0 radical (unpaired) electrons. The Morgan fingerprint density at radius 2 is 1.00 bits per heavy atom. The van der Waals surface area contributed by atoms with E-state index in [1.807, 2.05) is 60.7 Å². The van der Waals surface area contributed by atoms with Crippen LogP contribution in [0.1, 0.15) is 11.1 Å². The third kappa shape index (κ3) is 7.43. The minimum Gasteiger partial charge on any atom is -0.508 e. The predicted molar refractivity (Wildman–Crippen MR) is 156 cm³/mol. The van der Waals surface area contributed by atoms with Crippen LogP contribution in [0.5, 0.6) is 23.0 Å². The molecule has 2 aliphatic heterocycles. The van der Waals surface area contributed by atoms with Gasteiger partial charge < -0.3 is 30.3 Å². The van der Waals surface area contributed by atoms with Gasteiger partial charge in [0.2, 0.25) is 0 Å². The molecule has 0 saturated heterocycles. The first kappa shape index (κ1) is 27.3. The van der Waals surface area contributed by atoms with E-state index >= 15 is 0 Å². The van der Waals surface area contributed by atoms with Crippen LogP contribution in [0, 0.1) is 0 Å². The summed E-state index contributed by atoms with van der Waals surface area (Å²) in [6, 6.07) is 25.8. The monoisotopic (exact) mass is 574 g/mol. The number of nitrogens with one attached hydrogen (secondary N) is 2. The van der Waals surface area contributed by atoms with Gasteiger partial charge in [0.25, 0.3) is 11.8 Å². The largest absolute Gasteiger partial charge is 0.508 e. The summed E-state index contributed by atoms with van der Waals surface area (Å²) in [6.07, 6.45) is 0. The van der Waals surface area contributed by atoms with Crippen molar-refractivity contribution in [1.29, 1.82) is 0 Å². The number of aromatic hydroxyl groups is 2. The molecule has 4 aromatic rings. The number of hydrogen-bond acceptors (Lipinski definition) is 8. The number of carbonyl (C=O) groups is 2. The van der Waals surface area contributed by atoms with Gasteiger partial charge in [0, 0.05) is 21.3 Å². The normalized spacial score (nSPS) is 13.3. The molecule has 8 nitrogen and oxygen atoms in total. The van der Waals surface area contributed by atoms with Crippen molar-refractivity contribution in [3.8, 4) is 23.0 Å². The summed E-state index contributed by atoms with van der Waals surface area (Å²) < 4.78 is 10.8. The quantitative estimate of drug-likeness (QED) is 0.206. The van der Waals surface area contributed by atoms with Crippen LogP contribution in [0.4, 0.5) is 11.4 Å². The van der Waals surface area contributed by atoms with E-state index < -0.39 is 0 Å². The molecule has 4 N–H and O–H groups in total. The Morgan fingerprint density at radius 3 is 1.40 bits per heavy atom. The van der Waals surface area contributed by atoms with Gasteiger partial charge in [-0.2, -0.15) is 0 Å². The topological polar surface area (TPSA) is 117 Å². The molecule has 0 saturated carbocycles. The summed E-state index contributed by atoms with van der Waals surface area (Å²) >= 11 is 3.36. The van der Waals surface area contributed by atoms with E-state index in [1.54, 1.807) is 47.8 Å². The minimum atomic E-state index is -0.123. The number of benzene rings is 4. The molecule has 0 aromatic heterocycles. The fourth-order valence-electron chi connectivity index (χ4n) is 3.81. The highest BCUT2D eigenvalue weighted by molar-refractivity contribution is 7.98. The van der Waals surface area contributed by atoms with Gasteiger partial charge in [0.1, 0.15) is 23.0 Å². The highest BCUT2D eigenvalue weighted by Crippen LogP contribution is 2.35. The van der Waals surface area contributed by atoms with Gasteiger partial charge in [-0.1, -0.05) is 24.3 Å². The van der Waals surface area contributed by atoms with Crippen molar-refractivity contribution in [1.82, 2.24) is 0 Å². The number of fused-ring (bicyclic) bond motifs is 2. The van der Waals surface area contributed by atoms with Crippen LogP contribution in [0.25, 0.3) is 0 Å². The highest BCUT2D eigenvalue weighted by Gasteiger charge is 2.17. The van der Waals surface area contributed by atoms with E-state index in [9.17, 15) is 19.8 Å². The third-order valence-electron chi connectivity index (χ3n) is 5.86. The Kier molecular flexibility index (Phi) is 8.68. The molecule has 0 unspecified atom stereocenters. The standard InChI is InChI=1S/2C15H13NO3S/c2*17-11-3-1-10(2-4-11)9-20-12-5-6-13-14(7-12)19-8-15(18)16-13/h2*1-7,17H,8-9H2,(H,16,18). The van der Waals surface area contributed by atoms with E-state index in [2.05, 4.69) is 10.6 Å². The molecule has 40 heavy (non-hydrogen) atoms. The van der Waals surface area contributed by atoms with Crippen LogP contribution >= 0.6 is 23.5 Å². The van der Waals surface area contributed by atoms with Crippen molar-refractivity contribution in [2.24, 2.45) is 0 Å². The molecular weight excluding hydrogens is 548 g/mol. The number of amides is 2. The van der Waals surface area contributed by atoms with E-state index in [-0.39, 0.29) is 36.5 Å². The van der Waals surface area contributed by atoms with Crippen LogP contribution in [0.15, 0.2) is 94.7 Å². The molecule has 6 rings (SSSR count). The second-order valence-electron chi connectivity index (χ2n) is 8.90. The van der Waals surface area contributed by atoms with Gasteiger partial charge in [0.15, 0.2) is 13.2 Å². The zero-order valence-electron chi connectivity index (χ0n) is 21.3. The first-order valence-electron chi connectivity index (χ1n) is 12.4. The predicted octanol–water partition coefficient (Wildman–Crippen LogP) is 6.03. The lowest BCUT2D eigenvalue weighted by molar-refractivity contribution is -0.119. The van der Waals surface area contributed by atoms with Gasteiger partial charge >= 0.3 is 0 Å². The Bertz CT molecular complexity index is 1400. The van der Waals surface area contributed by atoms with Crippen molar-refractivity contribution >= 4 is 46.7 Å². The zero-order chi connectivity index (χ0) is 27.9. The molecule has 0 bridgehead atoms. The smallest absolute Gasteiger partial charge is 0.262 e. The Hall–Kier alpha value is -4.28. The number of carbonyl (C=O) groups excluding carboxylic acids is 2. The molecule has 0 atom stereocenters. The number of thioether (sulfide) groups is 2. The first-order valence-corrected chi connectivity index (χ1v) is 14.3.